The van der Waals surface area contributed by atoms with Gasteiger partial charge in [-0.05, 0) is 29.9 Å². The van der Waals surface area contributed by atoms with Gasteiger partial charge in [0.15, 0.2) is 0 Å². The quantitative estimate of drug-likeness (QED) is 0.596. The summed E-state index contributed by atoms with van der Waals surface area (Å²) in [4.78, 5) is 10.3. The molecule has 0 heterocycles. The highest BCUT2D eigenvalue weighted by Gasteiger charge is 1.98. The zero-order chi connectivity index (χ0) is 11.1. The molecule has 15 heavy (non-hydrogen) atoms. The molecule has 1 aromatic rings. The molecular formula is C12H17O2P. The fraction of sp³-hybridized carbons (Fsp3) is 0.417. The van der Waals surface area contributed by atoms with Crippen molar-refractivity contribution in [3.8, 4) is 0 Å². The maximum Gasteiger partial charge on any atom is 0.303 e. The van der Waals surface area contributed by atoms with Gasteiger partial charge in [0.25, 0.3) is 0 Å². The zero-order valence-electron chi connectivity index (χ0n) is 8.99. The maximum absolute atomic E-state index is 10.3. The van der Waals surface area contributed by atoms with Gasteiger partial charge in [0.2, 0.25) is 0 Å². The van der Waals surface area contributed by atoms with Crippen LogP contribution in [0.15, 0.2) is 24.3 Å². The molecule has 1 unspecified atom stereocenters. The van der Waals surface area contributed by atoms with Crippen molar-refractivity contribution < 1.29 is 9.90 Å². The van der Waals surface area contributed by atoms with E-state index in [9.17, 15) is 4.79 Å². The summed E-state index contributed by atoms with van der Waals surface area (Å²) in [5, 5.41) is 8.50. The molecule has 1 atom stereocenters. The van der Waals surface area contributed by atoms with E-state index < -0.39 is 5.97 Å². The summed E-state index contributed by atoms with van der Waals surface area (Å²) >= 11 is 0. The minimum atomic E-state index is -0.690. The second-order valence-corrected chi connectivity index (χ2v) is 4.85. The molecule has 82 valence electrons. The Hall–Kier alpha value is -0.880. The number of rotatable bonds is 6. The van der Waals surface area contributed by atoms with Gasteiger partial charge < -0.3 is 5.11 Å². The van der Waals surface area contributed by atoms with E-state index in [0.29, 0.717) is 6.42 Å². The molecule has 0 fully saturated rings. The van der Waals surface area contributed by atoms with Crippen LogP contribution in [0.5, 0.6) is 0 Å². The van der Waals surface area contributed by atoms with E-state index in [1.165, 1.54) is 11.1 Å². The molecule has 0 saturated heterocycles. The highest BCUT2D eigenvalue weighted by Crippen LogP contribution is 2.20. The second-order valence-electron chi connectivity index (χ2n) is 3.49. The highest BCUT2D eigenvalue weighted by molar-refractivity contribution is 7.37. The maximum atomic E-state index is 10.3. The number of hydrogen-bond acceptors (Lipinski definition) is 1. The third-order valence-corrected chi connectivity index (χ3v) is 3.51. The van der Waals surface area contributed by atoms with Crippen LogP contribution in [0.1, 0.15) is 24.5 Å². The number of benzene rings is 1. The van der Waals surface area contributed by atoms with Crippen molar-refractivity contribution in [2.24, 2.45) is 0 Å². The standard InChI is InChI=1S/C12H17O2P/c1-2-10-4-3-5-11(8-10)9-15-7-6-12(13)14/h3-5,8,15H,2,6-7,9H2,1H3,(H,13,14). The SMILES string of the molecule is CCc1cccc(CPCCC(=O)O)c1. The van der Waals surface area contributed by atoms with Crippen LogP contribution < -0.4 is 0 Å². The highest BCUT2D eigenvalue weighted by atomic mass is 31.1. The molecule has 0 aliphatic carbocycles. The van der Waals surface area contributed by atoms with Crippen LogP contribution in [-0.2, 0) is 17.4 Å². The normalized spacial score (nSPS) is 11.0. The van der Waals surface area contributed by atoms with Gasteiger partial charge in [0, 0.05) is 6.42 Å². The Morgan fingerprint density at radius 3 is 2.80 bits per heavy atom. The number of carboxylic acids is 1. The summed E-state index contributed by atoms with van der Waals surface area (Å²) in [7, 11) is 0.719. The average Bonchev–Trinajstić information content (AvgIpc) is 2.24. The zero-order valence-corrected chi connectivity index (χ0v) is 9.99. The number of hydrogen-bond donors (Lipinski definition) is 1. The third-order valence-electron chi connectivity index (χ3n) is 2.24. The number of aryl methyl sites for hydroxylation is 1. The molecule has 0 aliphatic rings. The molecule has 2 nitrogen and oxygen atoms in total. The lowest BCUT2D eigenvalue weighted by Gasteiger charge is -2.03. The summed E-state index contributed by atoms with van der Waals surface area (Å²) in [6, 6.07) is 8.54. The molecule has 1 N–H and O–H groups in total. The van der Waals surface area contributed by atoms with E-state index in [1.54, 1.807) is 0 Å². The minimum absolute atomic E-state index is 0.298. The van der Waals surface area contributed by atoms with Gasteiger partial charge in [-0.1, -0.05) is 31.2 Å². The summed E-state index contributed by atoms with van der Waals surface area (Å²) in [5.74, 6) is -0.690. The van der Waals surface area contributed by atoms with Gasteiger partial charge in [-0.15, -0.1) is 8.58 Å². The molecule has 0 amide bonds. The topological polar surface area (TPSA) is 37.3 Å². The summed E-state index contributed by atoms with van der Waals surface area (Å²) < 4.78 is 0. The van der Waals surface area contributed by atoms with Crippen LogP contribution in [0.2, 0.25) is 0 Å². The summed E-state index contributed by atoms with van der Waals surface area (Å²) in [5.41, 5.74) is 2.69. The van der Waals surface area contributed by atoms with Crippen molar-refractivity contribution >= 4 is 14.6 Å². The monoisotopic (exact) mass is 224 g/mol. The summed E-state index contributed by atoms with van der Waals surface area (Å²) in [6.07, 6.45) is 3.17. The molecule has 0 spiro atoms. The molecule has 3 heteroatoms. The van der Waals surface area contributed by atoms with Crippen LogP contribution in [-0.4, -0.2) is 17.2 Å². The van der Waals surface area contributed by atoms with Crippen LogP contribution in [0, 0.1) is 0 Å². The van der Waals surface area contributed by atoms with Crippen LogP contribution >= 0.6 is 8.58 Å². The predicted molar refractivity (Wildman–Crippen MR) is 65.0 cm³/mol. The van der Waals surface area contributed by atoms with E-state index in [0.717, 1.165) is 27.3 Å². The van der Waals surface area contributed by atoms with Crippen LogP contribution in [0.3, 0.4) is 0 Å². The number of carboxylic acid groups (broad SMARTS) is 1. The lowest BCUT2D eigenvalue weighted by atomic mass is 10.1. The van der Waals surface area contributed by atoms with Gasteiger partial charge in [-0.25, -0.2) is 0 Å². The van der Waals surface area contributed by atoms with E-state index in [-0.39, 0.29) is 0 Å². The van der Waals surface area contributed by atoms with Crippen molar-refractivity contribution in [2.45, 2.75) is 25.9 Å². The lowest BCUT2D eigenvalue weighted by Crippen LogP contribution is -1.95. The fourth-order valence-electron chi connectivity index (χ4n) is 1.39. The van der Waals surface area contributed by atoms with Crippen molar-refractivity contribution in [1.82, 2.24) is 0 Å². The Morgan fingerprint density at radius 2 is 2.13 bits per heavy atom. The number of carbonyl (C=O) groups is 1. The first-order valence-electron chi connectivity index (χ1n) is 5.22. The first-order chi connectivity index (χ1) is 7.22. The van der Waals surface area contributed by atoms with Crippen LogP contribution in [0.4, 0.5) is 0 Å². The molecule has 0 aromatic heterocycles. The van der Waals surface area contributed by atoms with Crippen molar-refractivity contribution in [3.05, 3.63) is 35.4 Å². The van der Waals surface area contributed by atoms with Gasteiger partial charge in [-0.2, -0.15) is 0 Å². The number of aliphatic carboxylic acids is 1. The molecule has 0 aliphatic heterocycles. The second kappa shape index (κ2) is 6.58. The Balaban J connectivity index is 2.33. The fourth-order valence-corrected chi connectivity index (χ4v) is 2.46. The van der Waals surface area contributed by atoms with Crippen molar-refractivity contribution in [3.63, 3.8) is 0 Å². The van der Waals surface area contributed by atoms with E-state index >= 15 is 0 Å². The van der Waals surface area contributed by atoms with E-state index in [4.69, 9.17) is 5.11 Å². The molecular weight excluding hydrogens is 207 g/mol. The Kier molecular flexibility index (Phi) is 5.34. The Bertz CT molecular complexity index is 323. The first kappa shape index (κ1) is 12.2. The van der Waals surface area contributed by atoms with E-state index in [1.807, 2.05) is 0 Å². The minimum Gasteiger partial charge on any atom is -0.481 e. The van der Waals surface area contributed by atoms with Gasteiger partial charge >= 0.3 is 5.97 Å². The Morgan fingerprint density at radius 1 is 1.40 bits per heavy atom. The smallest absolute Gasteiger partial charge is 0.303 e. The molecule has 1 aromatic carbocycles. The van der Waals surface area contributed by atoms with Gasteiger partial charge in [0.05, 0.1) is 0 Å². The first-order valence-corrected chi connectivity index (χ1v) is 6.64. The molecule has 0 saturated carbocycles. The largest absolute Gasteiger partial charge is 0.481 e. The van der Waals surface area contributed by atoms with E-state index in [2.05, 4.69) is 31.2 Å². The lowest BCUT2D eigenvalue weighted by molar-refractivity contribution is -0.136. The average molecular weight is 224 g/mol. The Labute approximate surface area is 92.5 Å². The predicted octanol–water partition coefficient (Wildman–Crippen LogP) is 2.90. The van der Waals surface area contributed by atoms with Gasteiger partial charge in [0.1, 0.15) is 0 Å². The molecule has 0 bridgehead atoms. The summed E-state index contributed by atoms with van der Waals surface area (Å²) in [6.45, 7) is 2.14. The molecule has 0 radical (unpaired) electrons. The molecule has 1 rings (SSSR count). The van der Waals surface area contributed by atoms with Crippen molar-refractivity contribution in [2.75, 3.05) is 6.16 Å². The third kappa shape index (κ3) is 4.94. The van der Waals surface area contributed by atoms with Crippen molar-refractivity contribution in [1.29, 1.82) is 0 Å². The van der Waals surface area contributed by atoms with Gasteiger partial charge in [-0.3, -0.25) is 4.79 Å². The van der Waals surface area contributed by atoms with Crippen LogP contribution in [0.25, 0.3) is 0 Å².